The SMILES string of the molecule is CCCCCCCCCC(CS(C)(=O)=O)NN. The van der Waals surface area contributed by atoms with Crippen LogP contribution in [-0.4, -0.2) is 26.5 Å². The molecule has 1 atom stereocenters. The molecule has 1 unspecified atom stereocenters. The Labute approximate surface area is 106 Å². The van der Waals surface area contributed by atoms with Gasteiger partial charge in [0, 0.05) is 12.3 Å². The Morgan fingerprint density at radius 3 is 2.06 bits per heavy atom. The summed E-state index contributed by atoms with van der Waals surface area (Å²) in [5.74, 6) is 5.48. The molecule has 0 fully saturated rings. The number of nitrogens with two attached hydrogens (primary N) is 1. The highest BCUT2D eigenvalue weighted by Gasteiger charge is 2.13. The van der Waals surface area contributed by atoms with E-state index >= 15 is 0 Å². The van der Waals surface area contributed by atoms with Gasteiger partial charge in [-0.15, -0.1) is 0 Å². The van der Waals surface area contributed by atoms with Gasteiger partial charge in [-0.2, -0.15) is 0 Å². The molecule has 0 aromatic carbocycles. The van der Waals surface area contributed by atoms with Crippen LogP contribution < -0.4 is 11.3 Å². The zero-order valence-electron chi connectivity index (χ0n) is 11.2. The van der Waals surface area contributed by atoms with E-state index < -0.39 is 9.84 Å². The lowest BCUT2D eigenvalue weighted by molar-refractivity contribution is 0.483. The van der Waals surface area contributed by atoms with Gasteiger partial charge in [-0.1, -0.05) is 51.9 Å². The lowest BCUT2D eigenvalue weighted by Gasteiger charge is -2.14. The van der Waals surface area contributed by atoms with Crippen LogP contribution in [0.4, 0.5) is 0 Å². The molecule has 0 aromatic rings. The van der Waals surface area contributed by atoms with Gasteiger partial charge >= 0.3 is 0 Å². The van der Waals surface area contributed by atoms with Crippen LogP contribution in [0.15, 0.2) is 0 Å². The summed E-state index contributed by atoms with van der Waals surface area (Å²) < 4.78 is 22.2. The molecule has 0 bridgehead atoms. The molecule has 0 heterocycles. The lowest BCUT2D eigenvalue weighted by Crippen LogP contribution is -2.40. The van der Waals surface area contributed by atoms with E-state index in [0.29, 0.717) is 0 Å². The van der Waals surface area contributed by atoms with Crippen LogP contribution in [0.5, 0.6) is 0 Å². The second-order valence-corrected chi connectivity index (χ2v) is 7.05. The van der Waals surface area contributed by atoms with E-state index in [0.717, 1.165) is 12.8 Å². The van der Waals surface area contributed by atoms with Crippen molar-refractivity contribution in [2.75, 3.05) is 12.0 Å². The standard InChI is InChI=1S/C12H28N2O2S/c1-3-4-5-6-7-8-9-10-12(14-13)11-17(2,15)16/h12,14H,3-11,13H2,1-2H3. The molecule has 0 saturated heterocycles. The zero-order chi connectivity index (χ0) is 13.1. The Morgan fingerprint density at radius 1 is 1.06 bits per heavy atom. The van der Waals surface area contributed by atoms with Crippen molar-refractivity contribution >= 4 is 9.84 Å². The first-order valence-electron chi connectivity index (χ1n) is 6.63. The van der Waals surface area contributed by atoms with Crippen LogP contribution in [-0.2, 0) is 9.84 Å². The number of hydrogen-bond acceptors (Lipinski definition) is 4. The molecule has 0 amide bonds. The summed E-state index contributed by atoms with van der Waals surface area (Å²) in [6, 6.07) is -0.0966. The quantitative estimate of drug-likeness (QED) is 0.340. The Hall–Kier alpha value is -0.130. The van der Waals surface area contributed by atoms with Gasteiger partial charge in [-0.3, -0.25) is 11.3 Å². The van der Waals surface area contributed by atoms with Gasteiger partial charge in [-0.25, -0.2) is 8.42 Å². The van der Waals surface area contributed by atoms with Gasteiger partial charge in [0.2, 0.25) is 0 Å². The highest BCUT2D eigenvalue weighted by molar-refractivity contribution is 7.90. The molecule has 4 nitrogen and oxygen atoms in total. The van der Waals surface area contributed by atoms with Crippen LogP contribution in [0.25, 0.3) is 0 Å². The summed E-state index contributed by atoms with van der Waals surface area (Å²) >= 11 is 0. The van der Waals surface area contributed by atoms with E-state index in [4.69, 9.17) is 5.84 Å². The summed E-state index contributed by atoms with van der Waals surface area (Å²) in [4.78, 5) is 0. The summed E-state index contributed by atoms with van der Waals surface area (Å²) in [6.07, 6.45) is 10.8. The molecule has 104 valence electrons. The van der Waals surface area contributed by atoms with Gasteiger partial charge in [0.25, 0.3) is 0 Å². The lowest BCUT2D eigenvalue weighted by atomic mass is 10.1. The number of hydrazine groups is 1. The van der Waals surface area contributed by atoms with Gasteiger partial charge in [0.15, 0.2) is 0 Å². The third-order valence-corrected chi connectivity index (χ3v) is 3.90. The van der Waals surface area contributed by atoms with E-state index in [2.05, 4.69) is 12.3 Å². The minimum absolute atomic E-state index is 0.0966. The molecule has 3 N–H and O–H groups in total. The average Bonchev–Trinajstić information content (AvgIpc) is 2.24. The molecule has 0 aliphatic carbocycles. The van der Waals surface area contributed by atoms with E-state index in [-0.39, 0.29) is 11.8 Å². The largest absolute Gasteiger partial charge is 0.271 e. The Bertz CT molecular complexity index is 266. The molecule has 5 heteroatoms. The molecule has 0 aliphatic heterocycles. The van der Waals surface area contributed by atoms with Crippen molar-refractivity contribution in [1.82, 2.24) is 5.43 Å². The molecule has 0 rings (SSSR count). The van der Waals surface area contributed by atoms with Crippen molar-refractivity contribution < 1.29 is 8.42 Å². The highest BCUT2D eigenvalue weighted by atomic mass is 32.2. The average molecular weight is 264 g/mol. The minimum atomic E-state index is -2.93. The van der Waals surface area contributed by atoms with Crippen molar-refractivity contribution in [3.05, 3.63) is 0 Å². The maximum absolute atomic E-state index is 11.1. The van der Waals surface area contributed by atoms with Crippen molar-refractivity contribution in [2.24, 2.45) is 5.84 Å². The number of nitrogens with one attached hydrogen (secondary N) is 1. The van der Waals surface area contributed by atoms with E-state index in [1.165, 1.54) is 44.8 Å². The topological polar surface area (TPSA) is 72.2 Å². The monoisotopic (exact) mass is 264 g/mol. The molecular weight excluding hydrogens is 236 g/mol. The van der Waals surface area contributed by atoms with Gasteiger partial charge in [-0.05, 0) is 6.42 Å². The smallest absolute Gasteiger partial charge is 0.149 e. The molecule has 17 heavy (non-hydrogen) atoms. The third kappa shape index (κ3) is 12.1. The molecule has 0 saturated carbocycles. The Morgan fingerprint density at radius 2 is 1.59 bits per heavy atom. The fourth-order valence-corrected chi connectivity index (χ4v) is 2.92. The summed E-state index contributed by atoms with van der Waals surface area (Å²) in [5, 5.41) is 0. The van der Waals surface area contributed by atoms with Crippen molar-refractivity contribution in [2.45, 2.75) is 64.3 Å². The number of rotatable bonds is 11. The predicted molar refractivity (Wildman–Crippen MR) is 73.4 cm³/mol. The first kappa shape index (κ1) is 16.9. The van der Waals surface area contributed by atoms with Crippen LogP contribution in [0.3, 0.4) is 0 Å². The number of sulfone groups is 1. The molecule has 0 spiro atoms. The van der Waals surface area contributed by atoms with Crippen molar-refractivity contribution in [3.63, 3.8) is 0 Å². The normalized spacial score (nSPS) is 13.8. The summed E-state index contributed by atoms with van der Waals surface area (Å²) in [7, 11) is -2.93. The van der Waals surface area contributed by atoms with Crippen LogP contribution in [0.2, 0.25) is 0 Å². The fourth-order valence-electron chi connectivity index (χ4n) is 1.93. The van der Waals surface area contributed by atoms with E-state index in [9.17, 15) is 8.42 Å². The molecule has 0 aromatic heterocycles. The van der Waals surface area contributed by atoms with Crippen molar-refractivity contribution in [1.29, 1.82) is 0 Å². The number of unbranched alkanes of at least 4 members (excludes halogenated alkanes) is 6. The van der Waals surface area contributed by atoms with E-state index in [1.807, 2.05) is 0 Å². The zero-order valence-corrected chi connectivity index (χ0v) is 12.1. The molecule has 0 aliphatic rings. The van der Waals surface area contributed by atoms with Crippen LogP contribution >= 0.6 is 0 Å². The molecular formula is C12H28N2O2S. The molecule has 0 radical (unpaired) electrons. The first-order chi connectivity index (χ1) is 7.99. The second-order valence-electron chi connectivity index (χ2n) is 4.87. The number of hydrogen-bond donors (Lipinski definition) is 2. The minimum Gasteiger partial charge on any atom is -0.271 e. The van der Waals surface area contributed by atoms with Crippen LogP contribution in [0, 0.1) is 0 Å². The van der Waals surface area contributed by atoms with E-state index in [1.54, 1.807) is 0 Å². The van der Waals surface area contributed by atoms with Crippen molar-refractivity contribution in [3.8, 4) is 0 Å². The Kier molecular flexibility index (Phi) is 9.78. The van der Waals surface area contributed by atoms with Crippen LogP contribution in [0.1, 0.15) is 58.3 Å². The highest BCUT2D eigenvalue weighted by Crippen LogP contribution is 2.10. The second kappa shape index (κ2) is 9.85. The maximum Gasteiger partial charge on any atom is 0.149 e. The predicted octanol–water partition coefficient (Wildman–Crippen LogP) is 2.00. The van der Waals surface area contributed by atoms with Gasteiger partial charge in [0.1, 0.15) is 9.84 Å². The van der Waals surface area contributed by atoms with Gasteiger partial charge < -0.3 is 0 Å². The fraction of sp³-hybridized carbons (Fsp3) is 1.00. The summed E-state index contributed by atoms with van der Waals surface area (Å²) in [5.41, 5.74) is 2.59. The first-order valence-corrected chi connectivity index (χ1v) is 8.69. The summed E-state index contributed by atoms with van der Waals surface area (Å²) in [6.45, 7) is 2.21. The maximum atomic E-state index is 11.1. The van der Waals surface area contributed by atoms with Gasteiger partial charge in [0.05, 0.1) is 5.75 Å². The third-order valence-electron chi connectivity index (χ3n) is 2.90. The Balaban J connectivity index is 3.50.